The van der Waals surface area contributed by atoms with Crippen molar-refractivity contribution < 1.29 is 14.3 Å². The Balaban J connectivity index is 1.99. The van der Waals surface area contributed by atoms with E-state index < -0.39 is 0 Å². The predicted molar refractivity (Wildman–Crippen MR) is 98.8 cm³/mol. The van der Waals surface area contributed by atoms with Crippen LogP contribution in [0.4, 0.5) is 0 Å². The van der Waals surface area contributed by atoms with Gasteiger partial charge < -0.3 is 10.1 Å². The van der Waals surface area contributed by atoms with Crippen LogP contribution in [0.25, 0.3) is 0 Å². The highest BCUT2D eigenvalue weighted by atomic mass is 16.5. The van der Waals surface area contributed by atoms with Crippen LogP contribution in [0.15, 0.2) is 18.2 Å². The first-order valence-corrected chi connectivity index (χ1v) is 9.08. The Morgan fingerprint density at radius 3 is 2.76 bits per heavy atom. The maximum atomic E-state index is 11.8. The fourth-order valence-electron chi connectivity index (χ4n) is 3.27. The molecule has 2 rings (SSSR count). The molecule has 5 heteroatoms. The zero-order valence-electron chi connectivity index (χ0n) is 15.8. The summed E-state index contributed by atoms with van der Waals surface area (Å²) in [5, 5.41) is 3.05. The highest BCUT2D eigenvalue weighted by molar-refractivity contribution is 5.94. The summed E-state index contributed by atoms with van der Waals surface area (Å²) in [7, 11) is 1.66. The van der Waals surface area contributed by atoms with Gasteiger partial charge in [-0.25, -0.2) is 0 Å². The van der Waals surface area contributed by atoms with Crippen molar-refractivity contribution in [3.63, 3.8) is 0 Å². The van der Waals surface area contributed by atoms with Crippen LogP contribution in [-0.2, 0) is 11.3 Å². The van der Waals surface area contributed by atoms with Crippen molar-refractivity contribution in [2.24, 2.45) is 11.8 Å². The zero-order chi connectivity index (χ0) is 18.4. The van der Waals surface area contributed by atoms with Crippen LogP contribution in [0.1, 0.15) is 49.5 Å². The molecule has 0 saturated carbocycles. The Morgan fingerprint density at radius 2 is 2.12 bits per heavy atom. The number of rotatable bonds is 7. The fraction of sp³-hybridized carbons (Fsp3) is 0.600. The molecule has 1 unspecified atom stereocenters. The number of carbonyl (C=O) groups excluding carboxylic acids is 2. The van der Waals surface area contributed by atoms with Crippen LogP contribution in [0.5, 0.6) is 5.75 Å². The number of piperidine rings is 1. The topological polar surface area (TPSA) is 58.6 Å². The van der Waals surface area contributed by atoms with Crippen molar-refractivity contribution in [1.82, 2.24) is 10.2 Å². The summed E-state index contributed by atoms with van der Waals surface area (Å²) >= 11 is 0. The summed E-state index contributed by atoms with van der Waals surface area (Å²) < 4.78 is 5.46. The van der Waals surface area contributed by atoms with Gasteiger partial charge in [0, 0.05) is 36.7 Å². The van der Waals surface area contributed by atoms with Gasteiger partial charge in [0.05, 0.1) is 7.11 Å². The van der Waals surface area contributed by atoms with Gasteiger partial charge in [0.1, 0.15) is 5.75 Å². The number of nitrogens with one attached hydrogen (secondary N) is 1. The smallest absolute Gasteiger partial charge is 0.222 e. The van der Waals surface area contributed by atoms with Crippen molar-refractivity contribution in [2.75, 3.05) is 26.7 Å². The molecule has 1 saturated heterocycles. The third-order valence-corrected chi connectivity index (χ3v) is 4.77. The summed E-state index contributed by atoms with van der Waals surface area (Å²) in [5.74, 6) is 1.50. The number of benzene rings is 1. The van der Waals surface area contributed by atoms with Gasteiger partial charge >= 0.3 is 0 Å². The monoisotopic (exact) mass is 346 g/mol. The van der Waals surface area contributed by atoms with E-state index in [4.69, 9.17) is 4.74 Å². The SMILES string of the molecule is COc1ccc(C(C)=O)cc1CN1CCCC(CNC(=O)C(C)C)C1. The molecule has 0 spiro atoms. The molecule has 0 radical (unpaired) electrons. The van der Waals surface area contributed by atoms with Crippen molar-refractivity contribution >= 4 is 11.7 Å². The van der Waals surface area contributed by atoms with Gasteiger partial charge in [-0.3, -0.25) is 14.5 Å². The van der Waals surface area contributed by atoms with E-state index >= 15 is 0 Å². The fourth-order valence-corrected chi connectivity index (χ4v) is 3.27. The van der Waals surface area contributed by atoms with Crippen LogP contribution in [0, 0.1) is 11.8 Å². The van der Waals surface area contributed by atoms with Gasteiger partial charge in [-0.05, 0) is 50.4 Å². The molecule has 1 aromatic rings. The molecule has 1 aliphatic heterocycles. The number of methoxy groups -OCH3 is 1. The van der Waals surface area contributed by atoms with E-state index in [1.54, 1.807) is 14.0 Å². The van der Waals surface area contributed by atoms with Crippen LogP contribution in [0.3, 0.4) is 0 Å². The average Bonchev–Trinajstić information content (AvgIpc) is 2.59. The number of amides is 1. The molecule has 1 fully saturated rings. The number of ether oxygens (including phenoxy) is 1. The van der Waals surface area contributed by atoms with Gasteiger partial charge in [0.2, 0.25) is 5.91 Å². The number of carbonyl (C=O) groups is 2. The molecule has 1 atom stereocenters. The van der Waals surface area contributed by atoms with E-state index in [1.165, 1.54) is 0 Å². The Morgan fingerprint density at radius 1 is 1.36 bits per heavy atom. The van der Waals surface area contributed by atoms with Gasteiger partial charge in [0.25, 0.3) is 0 Å². The molecule has 0 aliphatic carbocycles. The molecule has 1 amide bonds. The minimum absolute atomic E-state index is 0.0262. The number of likely N-dealkylation sites (tertiary alicyclic amines) is 1. The highest BCUT2D eigenvalue weighted by Crippen LogP contribution is 2.25. The van der Waals surface area contributed by atoms with Crippen LogP contribution >= 0.6 is 0 Å². The van der Waals surface area contributed by atoms with E-state index in [1.807, 2.05) is 32.0 Å². The molecule has 138 valence electrons. The molecule has 25 heavy (non-hydrogen) atoms. The lowest BCUT2D eigenvalue weighted by Gasteiger charge is -2.33. The summed E-state index contributed by atoms with van der Waals surface area (Å²) in [4.78, 5) is 25.8. The third kappa shape index (κ3) is 5.56. The molecule has 1 heterocycles. The lowest BCUT2D eigenvalue weighted by molar-refractivity contribution is -0.124. The lowest BCUT2D eigenvalue weighted by Crippen LogP contribution is -2.41. The van der Waals surface area contributed by atoms with E-state index in [9.17, 15) is 9.59 Å². The Bertz CT molecular complexity index is 613. The number of nitrogens with zero attached hydrogens (tertiary/aromatic N) is 1. The number of Topliss-reactive ketones (excluding diaryl/α,β-unsaturated/α-hetero) is 1. The van der Waals surface area contributed by atoms with Crippen molar-refractivity contribution in [3.8, 4) is 5.75 Å². The van der Waals surface area contributed by atoms with Crippen molar-refractivity contribution in [1.29, 1.82) is 0 Å². The van der Waals surface area contributed by atoms with Crippen molar-refractivity contribution in [3.05, 3.63) is 29.3 Å². The first-order valence-electron chi connectivity index (χ1n) is 9.08. The van der Waals surface area contributed by atoms with Crippen LogP contribution in [-0.4, -0.2) is 43.3 Å². The zero-order valence-corrected chi connectivity index (χ0v) is 15.8. The molecule has 5 nitrogen and oxygen atoms in total. The molecule has 1 aliphatic rings. The summed E-state index contributed by atoms with van der Waals surface area (Å²) in [6.07, 6.45) is 2.26. The maximum Gasteiger partial charge on any atom is 0.222 e. The standard InChI is InChI=1S/C20H30N2O3/c1-14(2)20(24)21-11-16-6-5-9-22(12-16)13-18-10-17(15(3)23)7-8-19(18)25-4/h7-8,10,14,16H,5-6,9,11-13H2,1-4H3,(H,21,24). The highest BCUT2D eigenvalue weighted by Gasteiger charge is 2.22. The number of ketones is 1. The van der Waals surface area contributed by atoms with Crippen LogP contribution < -0.4 is 10.1 Å². The minimum Gasteiger partial charge on any atom is -0.496 e. The van der Waals surface area contributed by atoms with Gasteiger partial charge in [-0.15, -0.1) is 0 Å². The Kier molecular flexibility index (Phi) is 7.00. The maximum absolute atomic E-state index is 11.8. The van der Waals surface area contributed by atoms with Crippen molar-refractivity contribution in [2.45, 2.75) is 40.2 Å². The second kappa shape index (κ2) is 8.99. The molecular weight excluding hydrogens is 316 g/mol. The molecule has 1 aromatic carbocycles. The Labute approximate surface area is 150 Å². The predicted octanol–water partition coefficient (Wildman–Crippen LogP) is 2.88. The number of hydrogen-bond acceptors (Lipinski definition) is 4. The molecule has 0 aromatic heterocycles. The first-order chi connectivity index (χ1) is 11.9. The summed E-state index contributed by atoms with van der Waals surface area (Å²) in [6, 6.07) is 5.62. The normalized spacial score (nSPS) is 18.2. The summed E-state index contributed by atoms with van der Waals surface area (Å²) in [5.41, 5.74) is 1.76. The summed E-state index contributed by atoms with van der Waals surface area (Å²) in [6.45, 7) is 8.89. The van der Waals surface area contributed by atoms with Gasteiger partial charge in [0.15, 0.2) is 5.78 Å². The lowest BCUT2D eigenvalue weighted by atomic mass is 9.96. The molecular formula is C20H30N2O3. The van der Waals surface area contributed by atoms with E-state index in [0.717, 1.165) is 50.3 Å². The van der Waals surface area contributed by atoms with E-state index in [-0.39, 0.29) is 17.6 Å². The molecule has 0 bridgehead atoms. The molecule has 1 N–H and O–H groups in total. The minimum atomic E-state index is 0.0262. The quantitative estimate of drug-likeness (QED) is 0.771. The van der Waals surface area contributed by atoms with E-state index in [0.29, 0.717) is 11.5 Å². The van der Waals surface area contributed by atoms with Gasteiger partial charge in [-0.1, -0.05) is 13.8 Å². The van der Waals surface area contributed by atoms with Crippen LogP contribution in [0.2, 0.25) is 0 Å². The average molecular weight is 346 g/mol. The third-order valence-electron chi connectivity index (χ3n) is 4.77. The second-order valence-electron chi connectivity index (χ2n) is 7.23. The van der Waals surface area contributed by atoms with E-state index in [2.05, 4.69) is 10.2 Å². The second-order valence-corrected chi connectivity index (χ2v) is 7.23. The largest absolute Gasteiger partial charge is 0.496 e. The Hall–Kier alpha value is -1.88. The first kappa shape index (κ1) is 19.4. The number of hydrogen-bond donors (Lipinski definition) is 1. The van der Waals surface area contributed by atoms with Gasteiger partial charge in [-0.2, -0.15) is 0 Å².